The highest BCUT2D eigenvalue weighted by Gasteiger charge is 2.32. The molecule has 2 aromatic carbocycles. The first kappa shape index (κ1) is 24.1. The summed E-state index contributed by atoms with van der Waals surface area (Å²) >= 11 is 1.61. The zero-order valence-electron chi connectivity index (χ0n) is 18.0. The molecule has 1 aliphatic heterocycles. The standard InChI is InChI=1S/C22H23F2N3O3S3/c1-13-8-14(2)12-27(11-13)33(29,30)17-5-3-4-15(9-17)20(28)26-22-25-18-7-6-16(31-21(23)24)10-19(18)32-22/h3-7,9-10,13-14,21H,8,11-12H2,1-2H3,(H,25,26,28)/t13-,14-/m1/s1. The van der Waals surface area contributed by atoms with E-state index >= 15 is 0 Å². The van der Waals surface area contributed by atoms with Gasteiger partial charge in [-0.05, 0) is 54.7 Å². The Hall–Kier alpha value is -2.08. The van der Waals surface area contributed by atoms with Crippen LogP contribution in [0, 0.1) is 11.8 Å². The van der Waals surface area contributed by atoms with Gasteiger partial charge in [-0.1, -0.05) is 43.0 Å². The summed E-state index contributed by atoms with van der Waals surface area (Å²) in [6, 6.07) is 10.7. The summed E-state index contributed by atoms with van der Waals surface area (Å²) in [5, 5.41) is 2.99. The Kier molecular flexibility index (Phi) is 7.04. The molecule has 0 saturated carbocycles. The number of carbonyl (C=O) groups is 1. The van der Waals surface area contributed by atoms with Gasteiger partial charge in [-0.25, -0.2) is 13.4 Å². The van der Waals surface area contributed by atoms with E-state index in [1.807, 2.05) is 13.8 Å². The van der Waals surface area contributed by atoms with Crippen LogP contribution >= 0.6 is 23.1 Å². The Morgan fingerprint density at radius 3 is 2.61 bits per heavy atom. The highest BCUT2D eigenvalue weighted by atomic mass is 32.2. The maximum atomic E-state index is 13.2. The summed E-state index contributed by atoms with van der Waals surface area (Å²) in [4.78, 5) is 17.6. The third-order valence-corrected chi connectivity index (χ3v) is 8.84. The second kappa shape index (κ2) is 9.65. The molecule has 1 N–H and O–H groups in total. The van der Waals surface area contributed by atoms with Crippen molar-refractivity contribution in [3.63, 3.8) is 0 Å². The molecule has 33 heavy (non-hydrogen) atoms. The van der Waals surface area contributed by atoms with E-state index in [4.69, 9.17) is 0 Å². The van der Waals surface area contributed by atoms with Gasteiger partial charge in [0.05, 0.1) is 15.1 Å². The van der Waals surface area contributed by atoms with Crippen molar-refractivity contribution < 1.29 is 22.0 Å². The number of rotatable bonds is 6. The molecule has 11 heteroatoms. The smallest absolute Gasteiger partial charge is 0.288 e. The number of fused-ring (bicyclic) bond motifs is 1. The third kappa shape index (κ3) is 5.53. The summed E-state index contributed by atoms with van der Waals surface area (Å²) in [5.41, 5.74) is 0.779. The van der Waals surface area contributed by atoms with Gasteiger partial charge in [0, 0.05) is 23.5 Å². The van der Waals surface area contributed by atoms with Crippen molar-refractivity contribution in [1.82, 2.24) is 9.29 Å². The van der Waals surface area contributed by atoms with E-state index in [1.165, 1.54) is 27.8 Å². The van der Waals surface area contributed by atoms with E-state index < -0.39 is 21.7 Å². The first-order valence-electron chi connectivity index (χ1n) is 10.4. The minimum atomic E-state index is -3.72. The summed E-state index contributed by atoms with van der Waals surface area (Å²) in [6.07, 6.45) is 0.985. The number of aromatic nitrogens is 1. The number of amides is 1. The molecule has 4 rings (SSSR count). The molecule has 6 nitrogen and oxygen atoms in total. The van der Waals surface area contributed by atoms with Crippen LogP contribution in [0.15, 0.2) is 52.3 Å². The number of anilines is 1. The predicted octanol–water partition coefficient (Wildman–Crippen LogP) is 5.53. The van der Waals surface area contributed by atoms with Crippen molar-refractivity contribution in [2.45, 2.75) is 35.8 Å². The van der Waals surface area contributed by atoms with E-state index in [2.05, 4.69) is 10.3 Å². The monoisotopic (exact) mass is 511 g/mol. The van der Waals surface area contributed by atoms with Crippen molar-refractivity contribution >= 4 is 54.4 Å². The van der Waals surface area contributed by atoms with Gasteiger partial charge in [0.15, 0.2) is 5.13 Å². The lowest BCUT2D eigenvalue weighted by molar-refractivity contribution is 0.102. The van der Waals surface area contributed by atoms with Crippen molar-refractivity contribution in [2.24, 2.45) is 11.8 Å². The van der Waals surface area contributed by atoms with Crippen molar-refractivity contribution in [1.29, 1.82) is 0 Å². The number of thiazole rings is 1. The molecule has 1 amide bonds. The van der Waals surface area contributed by atoms with Crippen molar-refractivity contribution in [2.75, 3.05) is 18.4 Å². The van der Waals surface area contributed by atoms with Gasteiger partial charge in [-0.15, -0.1) is 0 Å². The molecule has 0 aliphatic carbocycles. The van der Waals surface area contributed by atoms with Crippen molar-refractivity contribution in [3.8, 4) is 0 Å². The average Bonchev–Trinajstić information content (AvgIpc) is 3.14. The van der Waals surface area contributed by atoms with E-state index in [0.29, 0.717) is 45.1 Å². The Morgan fingerprint density at radius 1 is 1.18 bits per heavy atom. The molecule has 2 atom stereocenters. The lowest BCUT2D eigenvalue weighted by atomic mass is 9.94. The molecule has 1 saturated heterocycles. The van der Waals surface area contributed by atoms with Gasteiger partial charge >= 0.3 is 0 Å². The lowest BCUT2D eigenvalue weighted by Crippen LogP contribution is -2.42. The van der Waals surface area contributed by atoms with Gasteiger partial charge in [0.25, 0.3) is 11.7 Å². The summed E-state index contributed by atoms with van der Waals surface area (Å²) in [7, 11) is -3.72. The molecule has 1 aromatic heterocycles. The first-order valence-corrected chi connectivity index (χ1v) is 13.5. The molecule has 1 aliphatic rings. The maximum absolute atomic E-state index is 13.2. The Bertz CT molecular complexity index is 1270. The quantitative estimate of drug-likeness (QED) is 0.440. The molecular weight excluding hydrogens is 488 g/mol. The van der Waals surface area contributed by atoms with Gasteiger partial charge in [-0.2, -0.15) is 13.1 Å². The van der Waals surface area contributed by atoms with Crippen LogP contribution in [0.3, 0.4) is 0 Å². The number of alkyl halides is 2. The normalized spacial score (nSPS) is 19.8. The van der Waals surface area contributed by atoms with Gasteiger partial charge in [-0.3, -0.25) is 10.1 Å². The maximum Gasteiger partial charge on any atom is 0.288 e. The number of sulfonamides is 1. The Morgan fingerprint density at radius 2 is 1.91 bits per heavy atom. The van der Waals surface area contributed by atoms with Crippen LogP contribution in [-0.4, -0.2) is 42.5 Å². The van der Waals surface area contributed by atoms with E-state index in [1.54, 1.807) is 30.3 Å². The number of benzene rings is 2. The number of thioether (sulfide) groups is 1. The van der Waals surface area contributed by atoms with Gasteiger partial charge in [0.1, 0.15) is 0 Å². The molecule has 2 heterocycles. The molecule has 0 radical (unpaired) electrons. The van der Waals surface area contributed by atoms with Crippen LogP contribution in [0.25, 0.3) is 10.2 Å². The summed E-state index contributed by atoms with van der Waals surface area (Å²) in [5.74, 6) is -2.47. The van der Waals surface area contributed by atoms with Crippen LogP contribution < -0.4 is 5.32 Å². The predicted molar refractivity (Wildman–Crippen MR) is 128 cm³/mol. The summed E-state index contributed by atoms with van der Waals surface area (Å²) in [6.45, 7) is 4.99. The minimum Gasteiger partial charge on any atom is -0.298 e. The minimum absolute atomic E-state index is 0.0782. The fourth-order valence-electron chi connectivity index (χ4n) is 4.05. The first-order chi connectivity index (χ1) is 15.6. The molecule has 1 fully saturated rings. The van der Waals surface area contributed by atoms with Crippen LogP contribution in [0.4, 0.5) is 13.9 Å². The number of carbonyl (C=O) groups excluding carboxylic acids is 1. The Labute approximate surface area is 199 Å². The topological polar surface area (TPSA) is 79.4 Å². The van der Waals surface area contributed by atoms with E-state index in [9.17, 15) is 22.0 Å². The van der Waals surface area contributed by atoms with Crippen LogP contribution in [0.5, 0.6) is 0 Å². The molecule has 0 unspecified atom stereocenters. The molecule has 0 spiro atoms. The highest BCUT2D eigenvalue weighted by Crippen LogP contribution is 2.33. The third-order valence-electron chi connectivity index (χ3n) is 5.37. The van der Waals surface area contributed by atoms with E-state index in [-0.39, 0.29) is 22.3 Å². The van der Waals surface area contributed by atoms with E-state index in [0.717, 1.165) is 6.42 Å². The fraction of sp³-hybridized carbons (Fsp3) is 0.364. The van der Waals surface area contributed by atoms with Crippen LogP contribution in [0.2, 0.25) is 0 Å². The number of piperidine rings is 1. The van der Waals surface area contributed by atoms with Gasteiger partial charge in [0.2, 0.25) is 10.0 Å². The summed E-state index contributed by atoms with van der Waals surface area (Å²) < 4.78 is 53.7. The van der Waals surface area contributed by atoms with Crippen molar-refractivity contribution in [3.05, 3.63) is 48.0 Å². The molecule has 0 bridgehead atoms. The zero-order chi connectivity index (χ0) is 23.8. The van der Waals surface area contributed by atoms with Crippen LogP contribution in [-0.2, 0) is 10.0 Å². The second-order valence-corrected chi connectivity index (χ2v) is 12.3. The zero-order valence-corrected chi connectivity index (χ0v) is 20.4. The van der Waals surface area contributed by atoms with Crippen LogP contribution in [0.1, 0.15) is 30.6 Å². The van der Waals surface area contributed by atoms with Gasteiger partial charge < -0.3 is 0 Å². The number of hydrogen-bond donors (Lipinski definition) is 1. The fourth-order valence-corrected chi connectivity index (χ4v) is 7.29. The Balaban J connectivity index is 1.53. The highest BCUT2D eigenvalue weighted by molar-refractivity contribution is 7.99. The number of nitrogens with one attached hydrogen (secondary N) is 1. The lowest BCUT2D eigenvalue weighted by Gasteiger charge is -2.34. The number of hydrogen-bond acceptors (Lipinski definition) is 6. The largest absolute Gasteiger partial charge is 0.298 e. The number of halogens is 2. The number of nitrogens with zero attached hydrogens (tertiary/aromatic N) is 2. The molecule has 176 valence electrons. The SMILES string of the molecule is C[C@@H]1C[C@@H](C)CN(S(=O)(=O)c2cccc(C(=O)Nc3nc4ccc(SC(F)F)cc4s3)c2)C1. The average molecular weight is 512 g/mol. The molecular formula is C22H23F2N3O3S3. The molecule has 3 aromatic rings. The second-order valence-electron chi connectivity index (χ2n) is 8.28.